The summed E-state index contributed by atoms with van der Waals surface area (Å²) in [4.78, 5) is 31.3. The Morgan fingerprint density at radius 1 is 1.17 bits per heavy atom. The second kappa shape index (κ2) is 9.11. The van der Waals surface area contributed by atoms with Crippen LogP contribution in [0.2, 0.25) is 0 Å². The van der Waals surface area contributed by atoms with Gasteiger partial charge in [0.05, 0.1) is 35.0 Å². The number of nitrogens with zero attached hydrogens (tertiary/aromatic N) is 4. The Morgan fingerprint density at radius 3 is 2.43 bits per heavy atom. The van der Waals surface area contributed by atoms with Gasteiger partial charge in [-0.05, 0) is 42.0 Å². The predicted molar refractivity (Wildman–Crippen MR) is 117 cm³/mol. The van der Waals surface area contributed by atoms with E-state index in [4.69, 9.17) is 11.0 Å². The Labute approximate surface area is 196 Å². The van der Waals surface area contributed by atoms with Gasteiger partial charge in [-0.15, -0.1) is 4.73 Å². The Kier molecular flexibility index (Phi) is 6.19. The summed E-state index contributed by atoms with van der Waals surface area (Å²) < 4.78 is 38.6. The van der Waals surface area contributed by atoms with E-state index in [1.54, 1.807) is 0 Å². The summed E-state index contributed by atoms with van der Waals surface area (Å²) in [5, 5.41) is 21.9. The quantitative estimate of drug-likeness (QED) is 0.382. The lowest BCUT2D eigenvalue weighted by atomic mass is 10.0. The van der Waals surface area contributed by atoms with Gasteiger partial charge in [-0.2, -0.15) is 18.4 Å². The molecule has 1 aromatic heterocycles. The number of benzene rings is 2. The van der Waals surface area contributed by atoms with Crippen molar-refractivity contribution in [1.82, 2.24) is 14.6 Å². The molecule has 0 saturated heterocycles. The number of halogens is 3. The van der Waals surface area contributed by atoms with Crippen LogP contribution < -0.4 is 16.6 Å². The van der Waals surface area contributed by atoms with E-state index in [1.807, 2.05) is 6.07 Å². The molecule has 3 aromatic rings. The first-order valence-corrected chi connectivity index (χ1v) is 10.4. The molecule has 9 nitrogen and oxygen atoms in total. The molecule has 0 radical (unpaired) electrons. The predicted octanol–water partition coefficient (Wildman–Crippen LogP) is 2.64. The second-order valence-corrected chi connectivity index (χ2v) is 7.89. The zero-order valence-corrected chi connectivity index (χ0v) is 18.1. The van der Waals surface area contributed by atoms with Gasteiger partial charge in [-0.3, -0.25) is 9.59 Å². The zero-order valence-electron chi connectivity index (χ0n) is 18.1. The molecule has 0 saturated carbocycles. The number of fused-ring (bicyclic) bond motifs is 1. The van der Waals surface area contributed by atoms with Crippen LogP contribution in [0.3, 0.4) is 0 Å². The van der Waals surface area contributed by atoms with Crippen LogP contribution in [-0.4, -0.2) is 32.3 Å². The molecular formula is C23H19F3N6O3. The summed E-state index contributed by atoms with van der Waals surface area (Å²) in [6, 6.07) is 12.2. The minimum absolute atomic E-state index is 0.0776. The number of hydrogen-bond donors (Lipinski definition) is 3. The second-order valence-electron chi connectivity index (χ2n) is 7.89. The minimum atomic E-state index is -4.49. The normalized spacial score (nSPS) is 14.1. The largest absolute Gasteiger partial charge is 0.422 e. The first-order chi connectivity index (χ1) is 16.6. The van der Waals surface area contributed by atoms with Crippen molar-refractivity contribution in [1.29, 1.82) is 5.26 Å². The molecule has 1 atom stereocenters. The van der Waals surface area contributed by atoms with E-state index in [0.717, 1.165) is 12.1 Å². The lowest BCUT2D eigenvalue weighted by Gasteiger charge is -2.28. The Balaban J connectivity index is 1.53. The third-order valence-electron chi connectivity index (χ3n) is 5.64. The maximum absolute atomic E-state index is 12.8. The lowest BCUT2D eigenvalue weighted by Crippen LogP contribution is -2.41. The molecule has 2 heterocycles. The van der Waals surface area contributed by atoms with Crippen molar-refractivity contribution in [3.05, 3.63) is 92.4 Å². The van der Waals surface area contributed by atoms with Gasteiger partial charge in [-0.25, -0.2) is 4.98 Å². The highest BCUT2D eigenvalue weighted by Gasteiger charge is 2.30. The Morgan fingerprint density at radius 2 is 1.83 bits per heavy atom. The number of hydrogen-bond acceptors (Lipinski definition) is 7. The molecule has 4 N–H and O–H groups in total. The first kappa shape index (κ1) is 23.8. The van der Waals surface area contributed by atoms with Crippen molar-refractivity contribution < 1.29 is 23.2 Å². The zero-order chi connectivity index (χ0) is 25.3. The van der Waals surface area contributed by atoms with Gasteiger partial charge >= 0.3 is 6.18 Å². The van der Waals surface area contributed by atoms with Crippen LogP contribution in [0.4, 0.5) is 19.1 Å². The van der Waals surface area contributed by atoms with E-state index in [1.165, 1.54) is 41.3 Å². The smallest absolute Gasteiger partial charge is 0.416 e. The lowest BCUT2D eigenvalue weighted by molar-refractivity contribution is -0.137. The number of nitrogens with two attached hydrogens (primary N) is 1. The fourth-order valence-corrected chi connectivity index (χ4v) is 3.71. The first-order valence-electron chi connectivity index (χ1n) is 10.4. The van der Waals surface area contributed by atoms with Gasteiger partial charge in [0.25, 0.3) is 11.5 Å². The van der Waals surface area contributed by atoms with Crippen LogP contribution in [0, 0.1) is 11.3 Å². The average molecular weight is 484 g/mol. The molecule has 4 rings (SSSR count). The van der Waals surface area contributed by atoms with Crippen molar-refractivity contribution in [3.63, 3.8) is 0 Å². The maximum atomic E-state index is 12.8. The molecular weight excluding hydrogens is 465 g/mol. The number of carbonyl (C=O) groups is 1. The van der Waals surface area contributed by atoms with E-state index >= 15 is 0 Å². The number of alkyl halides is 3. The SMILES string of the molecule is N#Cc1ccc(C(=O)N2CCc3nc(NC(N)c4ccc(C(F)(F)F)cc4)n(O)c(=O)c3C2)cc1. The van der Waals surface area contributed by atoms with Crippen LogP contribution >= 0.6 is 0 Å². The molecule has 1 unspecified atom stereocenters. The van der Waals surface area contributed by atoms with Gasteiger partial charge in [0.2, 0.25) is 5.95 Å². The van der Waals surface area contributed by atoms with Crippen molar-refractivity contribution in [2.45, 2.75) is 25.3 Å². The Hall–Kier alpha value is -4.37. The highest BCUT2D eigenvalue weighted by molar-refractivity contribution is 5.94. The number of anilines is 1. The fourth-order valence-electron chi connectivity index (χ4n) is 3.71. The number of nitrogens with one attached hydrogen (secondary N) is 1. The minimum Gasteiger partial charge on any atom is -0.422 e. The monoisotopic (exact) mass is 484 g/mol. The van der Waals surface area contributed by atoms with Crippen molar-refractivity contribution in [3.8, 4) is 6.07 Å². The molecule has 0 bridgehead atoms. The van der Waals surface area contributed by atoms with Gasteiger partial charge in [-0.1, -0.05) is 12.1 Å². The van der Waals surface area contributed by atoms with E-state index in [-0.39, 0.29) is 47.2 Å². The standard InChI is InChI=1S/C23H19F3N6O3/c24-23(25,26)16-7-5-14(6-8-16)19(28)30-22-29-18-9-10-31(12-17(18)21(34)32(22)35)20(33)15-3-1-13(11-27)2-4-15/h1-8,19,35H,9-10,12,28H2,(H,29,30). The van der Waals surface area contributed by atoms with Gasteiger partial charge in [0.15, 0.2) is 0 Å². The third kappa shape index (κ3) is 4.80. The summed E-state index contributed by atoms with van der Waals surface area (Å²) in [6.45, 7) is 0.184. The maximum Gasteiger partial charge on any atom is 0.416 e. The van der Waals surface area contributed by atoms with Crippen molar-refractivity contribution >= 4 is 11.9 Å². The Bertz CT molecular complexity index is 1360. The fraction of sp³-hybridized carbons (Fsp3) is 0.217. The molecule has 1 amide bonds. The van der Waals surface area contributed by atoms with Crippen molar-refractivity contribution in [2.24, 2.45) is 5.73 Å². The summed E-state index contributed by atoms with van der Waals surface area (Å²) in [5.41, 5.74) is 5.91. The third-order valence-corrected chi connectivity index (χ3v) is 5.64. The number of aromatic nitrogens is 2. The highest BCUT2D eigenvalue weighted by atomic mass is 19.4. The van der Waals surface area contributed by atoms with Gasteiger partial charge in [0.1, 0.15) is 6.17 Å². The molecule has 180 valence electrons. The molecule has 1 aliphatic rings. The topological polar surface area (TPSA) is 137 Å². The van der Waals surface area contributed by atoms with Gasteiger partial charge < -0.3 is 21.2 Å². The molecule has 2 aromatic carbocycles. The molecule has 35 heavy (non-hydrogen) atoms. The van der Waals surface area contributed by atoms with E-state index in [2.05, 4.69) is 10.3 Å². The number of rotatable bonds is 4. The number of nitriles is 1. The van der Waals surface area contributed by atoms with Crippen LogP contribution in [0.15, 0.2) is 53.3 Å². The molecule has 0 spiro atoms. The molecule has 0 fully saturated rings. The molecule has 0 aliphatic carbocycles. The van der Waals surface area contributed by atoms with Crippen LogP contribution in [-0.2, 0) is 19.1 Å². The summed E-state index contributed by atoms with van der Waals surface area (Å²) in [6.07, 6.45) is -5.31. The summed E-state index contributed by atoms with van der Waals surface area (Å²) >= 11 is 0. The van der Waals surface area contributed by atoms with Crippen LogP contribution in [0.5, 0.6) is 0 Å². The van der Waals surface area contributed by atoms with Crippen molar-refractivity contribution in [2.75, 3.05) is 11.9 Å². The number of carbonyl (C=O) groups excluding carboxylic acids is 1. The van der Waals surface area contributed by atoms with Crippen LogP contribution in [0.25, 0.3) is 0 Å². The summed E-state index contributed by atoms with van der Waals surface area (Å²) in [7, 11) is 0. The molecule has 12 heteroatoms. The number of amides is 1. The average Bonchev–Trinajstić information content (AvgIpc) is 2.86. The van der Waals surface area contributed by atoms with Gasteiger partial charge in [0, 0.05) is 18.5 Å². The van der Waals surface area contributed by atoms with E-state index < -0.39 is 23.5 Å². The summed E-state index contributed by atoms with van der Waals surface area (Å²) in [5.74, 6) is -0.608. The van der Waals surface area contributed by atoms with Crippen LogP contribution in [0.1, 0.15) is 44.5 Å². The van der Waals surface area contributed by atoms with E-state index in [9.17, 15) is 28.0 Å². The molecule has 1 aliphatic heterocycles. The van der Waals surface area contributed by atoms with E-state index in [0.29, 0.717) is 16.8 Å². The highest BCUT2D eigenvalue weighted by Crippen LogP contribution is 2.30.